The van der Waals surface area contributed by atoms with Gasteiger partial charge in [-0.1, -0.05) is 12.1 Å². The number of guanidine groups is 1. The fourth-order valence-corrected chi connectivity index (χ4v) is 3.46. The van der Waals surface area contributed by atoms with Gasteiger partial charge in [-0.2, -0.15) is 0 Å². The standard InChI is InChI=1S/C21H33N5O2/c1-16-7-4-5-14-26(16)19(27)11-13-25-21(23-3)24-12-10-17-8-6-9-18(15-17)20(28)22-2/h6,8-9,15-16H,4-5,7,10-14H2,1-3H3,(H,22,28)(H2,23,24,25). The van der Waals surface area contributed by atoms with E-state index in [0.717, 1.165) is 31.4 Å². The van der Waals surface area contributed by atoms with Crippen LogP contribution >= 0.6 is 0 Å². The van der Waals surface area contributed by atoms with Gasteiger partial charge in [0.2, 0.25) is 5.91 Å². The zero-order valence-corrected chi connectivity index (χ0v) is 17.3. The van der Waals surface area contributed by atoms with E-state index in [1.165, 1.54) is 6.42 Å². The van der Waals surface area contributed by atoms with E-state index in [0.29, 0.717) is 37.1 Å². The molecule has 1 fully saturated rings. The van der Waals surface area contributed by atoms with Crippen molar-refractivity contribution < 1.29 is 9.59 Å². The van der Waals surface area contributed by atoms with Gasteiger partial charge in [0, 0.05) is 51.8 Å². The lowest BCUT2D eigenvalue weighted by Crippen LogP contribution is -2.44. The number of aliphatic imine (C=N–C) groups is 1. The minimum absolute atomic E-state index is 0.0834. The summed E-state index contributed by atoms with van der Waals surface area (Å²) < 4.78 is 0. The van der Waals surface area contributed by atoms with E-state index in [2.05, 4.69) is 27.9 Å². The Bertz CT molecular complexity index is 689. The molecule has 7 nitrogen and oxygen atoms in total. The van der Waals surface area contributed by atoms with Crippen molar-refractivity contribution in [2.24, 2.45) is 4.99 Å². The predicted molar refractivity (Wildman–Crippen MR) is 113 cm³/mol. The van der Waals surface area contributed by atoms with Crippen LogP contribution in [0.2, 0.25) is 0 Å². The average Bonchev–Trinajstić information content (AvgIpc) is 2.72. The summed E-state index contributed by atoms with van der Waals surface area (Å²) in [5.74, 6) is 0.808. The van der Waals surface area contributed by atoms with E-state index in [-0.39, 0.29) is 11.8 Å². The Labute approximate surface area is 168 Å². The van der Waals surface area contributed by atoms with Crippen LogP contribution in [-0.4, -0.2) is 62.4 Å². The molecule has 28 heavy (non-hydrogen) atoms. The van der Waals surface area contributed by atoms with Gasteiger partial charge in [0.25, 0.3) is 5.91 Å². The summed E-state index contributed by atoms with van der Waals surface area (Å²) in [6.45, 7) is 4.26. The zero-order valence-electron chi connectivity index (χ0n) is 17.3. The number of nitrogens with one attached hydrogen (secondary N) is 3. The second kappa shape index (κ2) is 11.3. The summed E-state index contributed by atoms with van der Waals surface area (Å²) >= 11 is 0. The Balaban J connectivity index is 1.71. The molecule has 0 aromatic heterocycles. The molecule has 154 valence electrons. The summed E-state index contributed by atoms with van der Waals surface area (Å²) in [5.41, 5.74) is 1.74. The first-order valence-electron chi connectivity index (χ1n) is 10.1. The Morgan fingerprint density at radius 2 is 2.00 bits per heavy atom. The smallest absolute Gasteiger partial charge is 0.251 e. The van der Waals surface area contributed by atoms with Gasteiger partial charge < -0.3 is 20.9 Å². The van der Waals surface area contributed by atoms with Gasteiger partial charge in [-0.3, -0.25) is 14.6 Å². The quantitative estimate of drug-likeness (QED) is 0.489. The summed E-state index contributed by atoms with van der Waals surface area (Å²) in [5, 5.41) is 9.10. The van der Waals surface area contributed by atoms with Gasteiger partial charge >= 0.3 is 0 Å². The summed E-state index contributed by atoms with van der Waals surface area (Å²) in [6, 6.07) is 7.94. The minimum atomic E-state index is -0.0834. The molecule has 0 bridgehead atoms. The topological polar surface area (TPSA) is 85.8 Å². The highest BCUT2D eigenvalue weighted by molar-refractivity contribution is 5.94. The molecular formula is C21H33N5O2. The molecular weight excluding hydrogens is 354 g/mol. The van der Waals surface area contributed by atoms with E-state index in [9.17, 15) is 9.59 Å². The summed E-state index contributed by atoms with van der Waals surface area (Å²) in [4.78, 5) is 30.3. The average molecular weight is 388 g/mol. The molecule has 1 aromatic carbocycles. The van der Waals surface area contributed by atoms with E-state index < -0.39 is 0 Å². The van der Waals surface area contributed by atoms with Crippen LogP contribution in [0.15, 0.2) is 29.3 Å². The molecule has 0 aliphatic carbocycles. The van der Waals surface area contributed by atoms with Crippen molar-refractivity contribution >= 4 is 17.8 Å². The number of likely N-dealkylation sites (tertiary alicyclic amines) is 1. The van der Waals surface area contributed by atoms with Crippen LogP contribution in [0.4, 0.5) is 0 Å². The second-order valence-electron chi connectivity index (χ2n) is 7.14. The van der Waals surface area contributed by atoms with Gasteiger partial charge in [-0.05, 0) is 50.3 Å². The lowest BCUT2D eigenvalue weighted by atomic mass is 10.0. The number of benzene rings is 1. The molecule has 0 radical (unpaired) electrons. The Morgan fingerprint density at radius 1 is 1.21 bits per heavy atom. The third kappa shape index (κ3) is 6.55. The van der Waals surface area contributed by atoms with Crippen LogP contribution in [-0.2, 0) is 11.2 Å². The number of carbonyl (C=O) groups is 2. The van der Waals surface area contributed by atoms with Gasteiger partial charge in [0.1, 0.15) is 0 Å². The molecule has 1 atom stereocenters. The maximum Gasteiger partial charge on any atom is 0.251 e. The molecule has 1 heterocycles. The molecule has 1 unspecified atom stereocenters. The largest absolute Gasteiger partial charge is 0.356 e. The third-order valence-electron chi connectivity index (χ3n) is 5.10. The number of hydrogen-bond acceptors (Lipinski definition) is 3. The highest BCUT2D eigenvalue weighted by Crippen LogP contribution is 2.16. The molecule has 2 amide bonds. The first-order valence-corrected chi connectivity index (χ1v) is 10.1. The zero-order chi connectivity index (χ0) is 20.4. The van der Waals surface area contributed by atoms with Crippen molar-refractivity contribution in [2.45, 2.75) is 45.1 Å². The van der Waals surface area contributed by atoms with E-state index in [1.807, 2.05) is 23.1 Å². The predicted octanol–water partition coefficient (Wildman–Crippen LogP) is 1.54. The monoisotopic (exact) mass is 387 g/mol. The molecule has 1 saturated heterocycles. The van der Waals surface area contributed by atoms with Gasteiger partial charge in [0.15, 0.2) is 5.96 Å². The lowest BCUT2D eigenvalue weighted by Gasteiger charge is -2.33. The molecule has 1 aliphatic rings. The van der Waals surface area contributed by atoms with Crippen molar-refractivity contribution in [3.8, 4) is 0 Å². The van der Waals surface area contributed by atoms with Crippen LogP contribution in [0.25, 0.3) is 0 Å². The van der Waals surface area contributed by atoms with Crippen molar-refractivity contribution in [3.63, 3.8) is 0 Å². The van der Waals surface area contributed by atoms with Crippen molar-refractivity contribution in [3.05, 3.63) is 35.4 Å². The number of amides is 2. The molecule has 0 saturated carbocycles. The Kier molecular flexibility index (Phi) is 8.78. The highest BCUT2D eigenvalue weighted by Gasteiger charge is 2.22. The number of nitrogens with zero attached hydrogens (tertiary/aromatic N) is 2. The number of carbonyl (C=O) groups excluding carboxylic acids is 2. The van der Waals surface area contributed by atoms with Crippen molar-refractivity contribution in [1.29, 1.82) is 0 Å². The van der Waals surface area contributed by atoms with E-state index in [1.54, 1.807) is 20.2 Å². The van der Waals surface area contributed by atoms with E-state index >= 15 is 0 Å². The van der Waals surface area contributed by atoms with Crippen LogP contribution in [0.3, 0.4) is 0 Å². The van der Waals surface area contributed by atoms with Crippen LogP contribution < -0.4 is 16.0 Å². The fourth-order valence-electron chi connectivity index (χ4n) is 3.46. The minimum Gasteiger partial charge on any atom is -0.356 e. The Morgan fingerprint density at radius 3 is 2.71 bits per heavy atom. The van der Waals surface area contributed by atoms with E-state index in [4.69, 9.17) is 0 Å². The van der Waals surface area contributed by atoms with Gasteiger partial charge in [-0.25, -0.2) is 0 Å². The van der Waals surface area contributed by atoms with Gasteiger partial charge in [-0.15, -0.1) is 0 Å². The first kappa shape index (κ1) is 21.7. The molecule has 0 spiro atoms. The fraction of sp³-hybridized carbons (Fsp3) is 0.571. The van der Waals surface area contributed by atoms with Crippen LogP contribution in [0.1, 0.15) is 48.5 Å². The summed E-state index contributed by atoms with van der Waals surface area (Å²) in [7, 11) is 3.35. The number of piperidine rings is 1. The molecule has 2 rings (SSSR count). The highest BCUT2D eigenvalue weighted by atomic mass is 16.2. The SMILES string of the molecule is CN=C(NCCC(=O)N1CCCCC1C)NCCc1cccc(C(=O)NC)c1. The molecule has 1 aromatic rings. The number of rotatable bonds is 7. The molecule has 3 N–H and O–H groups in total. The summed E-state index contributed by atoms with van der Waals surface area (Å²) in [6.07, 6.45) is 4.66. The first-order chi connectivity index (χ1) is 13.5. The third-order valence-corrected chi connectivity index (χ3v) is 5.10. The maximum atomic E-state index is 12.4. The van der Waals surface area contributed by atoms with Gasteiger partial charge in [0.05, 0.1) is 0 Å². The van der Waals surface area contributed by atoms with Crippen LogP contribution in [0, 0.1) is 0 Å². The Hall–Kier alpha value is -2.57. The van der Waals surface area contributed by atoms with Crippen molar-refractivity contribution in [2.75, 3.05) is 33.7 Å². The maximum absolute atomic E-state index is 12.4. The van der Waals surface area contributed by atoms with Crippen molar-refractivity contribution in [1.82, 2.24) is 20.9 Å². The number of hydrogen-bond donors (Lipinski definition) is 3. The lowest BCUT2D eigenvalue weighted by molar-refractivity contribution is -0.134. The molecule has 1 aliphatic heterocycles. The second-order valence-corrected chi connectivity index (χ2v) is 7.14. The van der Waals surface area contributed by atoms with Crippen LogP contribution in [0.5, 0.6) is 0 Å². The molecule has 7 heteroatoms. The normalized spacial score (nSPS) is 17.2.